The highest BCUT2D eigenvalue weighted by Crippen LogP contribution is 1.93. The normalized spacial score (nSPS) is 11.9. The molecule has 0 bridgehead atoms. The van der Waals surface area contributed by atoms with E-state index >= 15 is 0 Å². The van der Waals surface area contributed by atoms with Crippen molar-refractivity contribution in [3.8, 4) is 0 Å². The molecular weight excluding hydrogens is 206 g/mol. The lowest BCUT2D eigenvalue weighted by molar-refractivity contribution is 0.262. The van der Waals surface area contributed by atoms with Crippen molar-refractivity contribution in [3.05, 3.63) is 0 Å². The highest BCUT2D eigenvalue weighted by molar-refractivity contribution is 7.80. The fourth-order valence-corrected chi connectivity index (χ4v) is 1.27. The molecule has 0 atom stereocenters. The van der Waals surface area contributed by atoms with E-state index in [1.807, 2.05) is 0 Å². The van der Waals surface area contributed by atoms with Crippen molar-refractivity contribution in [2.75, 3.05) is 19.7 Å². The third-order valence-electron chi connectivity index (χ3n) is 1.69. The first kappa shape index (κ1) is 13.8. The number of rotatable bonds is 9. The van der Waals surface area contributed by atoms with Gasteiger partial charge in [-0.1, -0.05) is 13.3 Å². The highest BCUT2D eigenvalue weighted by atomic mass is 32.3. The molecule has 6 heteroatoms. The van der Waals surface area contributed by atoms with Crippen LogP contribution in [0.1, 0.15) is 32.6 Å². The van der Waals surface area contributed by atoms with Crippen LogP contribution in [0.2, 0.25) is 0 Å². The van der Waals surface area contributed by atoms with Gasteiger partial charge in [0.15, 0.2) is 0 Å². The molecule has 0 saturated carbocycles. The number of hydrogen-bond acceptors (Lipinski definition) is 4. The third-order valence-corrected chi connectivity index (χ3v) is 2.15. The summed E-state index contributed by atoms with van der Waals surface area (Å²) in [5, 5.41) is 3.22. The predicted molar refractivity (Wildman–Crippen MR) is 54.5 cm³/mol. The van der Waals surface area contributed by atoms with E-state index in [4.69, 9.17) is 4.55 Å². The Hall–Kier alpha value is -0.170. The van der Waals surface area contributed by atoms with Gasteiger partial charge in [0.2, 0.25) is 0 Å². The second-order valence-corrected chi connectivity index (χ2v) is 4.15. The molecule has 0 heterocycles. The molecule has 14 heavy (non-hydrogen) atoms. The Kier molecular flexibility index (Phi) is 8.07. The molecule has 0 radical (unpaired) electrons. The van der Waals surface area contributed by atoms with Crippen LogP contribution in [0, 0.1) is 0 Å². The van der Waals surface area contributed by atoms with Gasteiger partial charge in [-0.15, -0.1) is 0 Å². The van der Waals surface area contributed by atoms with Gasteiger partial charge >= 0.3 is 10.4 Å². The van der Waals surface area contributed by atoms with Gasteiger partial charge in [-0.05, 0) is 32.4 Å². The van der Waals surface area contributed by atoms with Crippen LogP contribution in [-0.4, -0.2) is 32.7 Å². The van der Waals surface area contributed by atoms with E-state index in [-0.39, 0.29) is 6.61 Å². The smallest absolute Gasteiger partial charge is 0.317 e. The zero-order valence-electron chi connectivity index (χ0n) is 8.53. The molecule has 0 aliphatic rings. The fraction of sp³-hybridized carbons (Fsp3) is 1.00. The van der Waals surface area contributed by atoms with Crippen molar-refractivity contribution in [1.82, 2.24) is 5.32 Å². The van der Waals surface area contributed by atoms with Crippen LogP contribution in [0.5, 0.6) is 0 Å². The Balaban J connectivity index is 3.07. The van der Waals surface area contributed by atoms with E-state index in [9.17, 15) is 8.42 Å². The predicted octanol–water partition coefficient (Wildman–Crippen LogP) is 0.976. The number of hydrogen-bond donors (Lipinski definition) is 2. The van der Waals surface area contributed by atoms with Crippen molar-refractivity contribution in [1.29, 1.82) is 0 Å². The van der Waals surface area contributed by atoms with E-state index in [2.05, 4.69) is 16.4 Å². The lowest BCUT2D eigenvalue weighted by Crippen LogP contribution is -2.17. The molecule has 0 aromatic carbocycles. The monoisotopic (exact) mass is 225 g/mol. The van der Waals surface area contributed by atoms with E-state index in [0.29, 0.717) is 6.42 Å². The summed E-state index contributed by atoms with van der Waals surface area (Å²) in [5.74, 6) is 0. The third kappa shape index (κ3) is 11.8. The average Bonchev–Trinajstić information content (AvgIpc) is 2.08. The van der Waals surface area contributed by atoms with Crippen molar-refractivity contribution in [2.24, 2.45) is 0 Å². The molecule has 2 N–H and O–H groups in total. The molecule has 5 nitrogen and oxygen atoms in total. The van der Waals surface area contributed by atoms with Crippen LogP contribution in [0.25, 0.3) is 0 Å². The summed E-state index contributed by atoms with van der Waals surface area (Å²) < 4.78 is 32.6. The molecule has 86 valence electrons. The summed E-state index contributed by atoms with van der Waals surface area (Å²) in [6, 6.07) is 0. The SMILES string of the molecule is CCCCNCCCCOS(=O)(=O)O. The lowest BCUT2D eigenvalue weighted by Gasteiger charge is -2.03. The van der Waals surface area contributed by atoms with Gasteiger partial charge in [-0.25, -0.2) is 4.18 Å². The van der Waals surface area contributed by atoms with Crippen LogP contribution in [-0.2, 0) is 14.6 Å². The zero-order chi connectivity index (χ0) is 10.9. The van der Waals surface area contributed by atoms with Crippen molar-refractivity contribution in [3.63, 3.8) is 0 Å². The first-order chi connectivity index (χ1) is 6.56. The summed E-state index contributed by atoms with van der Waals surface area (Å²) >= 11 is 0. The minimum Gasteiger partial charge on any atom is -0.317 e. The summed E-state index contributed by atoms with van der Waals surface area (Å²) in [7, 11) is -4.25. The molecule has 0 aromatic heterocycles. The van der Waals surface area contributed by atoms with Gasteiger partial charge in [0.05, 0.1) is 6.61 Å². The Bertz CT molecular complexity index is 215. The van der Waals surface area contributed by atoms with Gasteiger partial charge in [0.1, 0.15) is 0 Å². The lowest BCUT2D eigenvalue weighted by atomic mass is 10.3. The zero-order valence-corrected chi connectivity index (χ0v) is 9.35. The van der Waals surface area contributed by atoms with Crippen molar-refractivity contribution in [2.45, 2.75) is 32.6 Å². The van der Waals surface area contributed by atoms with E-state index < -0.39 is 10.4 Å². The molecule has 0 saturated heterocycles. The van der Waals surface area contributed by atoms with E-state index in [1.54, 1.807) is 0 Å². The molecule has 0 amide bonds. The quantitative estimate of drug-likeness (QED) is 0.452. The average molecular weight is 225 g/mol. The Morgan fingerprint density at radius 2 is 1.86 bits per heavy atom. The van der Waals surface area contributed by atoms with Gasteiger partial charge in [-0.3, -0.25) is 4.55 Å². The van der Waals surface area contributed by atoms with Crippen LogP contribution >= 0.6 is 0 Å². The summed E-state index contributed by atoms with van der Waals surface area (Å²) in [6.07, 6.45) is 3.79. The Morgan fingerprint density at radius 1 is 1.21 bits per heavy atom. The molecule has 0 fully saturated rings. The van der Waals surface area contributed by atoms with Crippen LogP contribution in [0.4, 0.5) is 0 Å². The van der Waals surface area contributed by atoms with Gasteiger partial charge in [0.25, 0.3) is 0 Å². The second-order valence-electron chi connectivity index (χ2n) is 3.06. The molecule has 0 aromatic rings. The molecular formula is C8H19NO4S. The van der Waals surface area contributed by atoms with Gasteiger partial charge in [0, 0.05) is 0 Å². The first-order valence-corrected chi connectivity index (χ1v) is 6.25. The standard InChI is InChI=1S/C8H19NO4S/c1-2-3-6-9-7-4-5-8-13-14(10,11)12/h9H,2-8H2,1H3,(H,10,11,12). The summed E-state index contributed by atoms with van der Waals surface area (Å²) in [6.45, 7) is 4.03. The van der Waals surface area contributed by atoms with Crippen LogP contribution < -0.4 is 5.32 Å². The van der Waals surface area contributed by atoms with Crippen LogP contribution in [0.15, 0.2) is 0 Å². The van der Waals surface area contributed by atoms with Crippen molar-refractivity contribution >= 4 is 10.4 Å². The molecule has 0 aliphatic heterocycles. The second kappa shape index (κ2) is 8.16. The maximum absolute atomic E-state index is 10.1. The maximum atomic E-state index is 10.1. The number of unbranched alkanes of at least 4 members (excludes halogenated alkanes) is 2. The van der Waals surface area contributed by atoms with Crippen molar-refractivity contribution < 1.29 is 17.2 Å². The molecule has 0 rings (SSSR count). The highest BCUT2D eigenvalue weighted by Gasteiger charge is 2.02. The fourth-order valence-electron chi connectivity index (χ4n) is 0.943. The molecule has 0 spiro atoms. The summed E-state index contributed by atoms with van der Waals surface area (Å²) in [5.41, 5.74) is 0. The molecule has 0 unspecified atom stereocenters. The summed E-state index contributed by atoms with van der Waals surface area (Å²) in [4.78, 5) is 0. The topological polar surface area (TPSA) is 75.6 Å². The van der Waals surface area contributed by atoms with Crippen LogP contribution in [0.3, 0.4) is 0 Å². The largest absolute Gasteiger partial charge is 0.397 e. The first-order valence-electron chi connectivity index (χ1n) is 4.89. The Labute approximate surface area is 85.8 Å². The van der Waals surface area contributed by atoms with Gasteiger partial charge in [-0.2, -0.15) is 8.42 Å². The van der Waals surface area contributed by atoms with E-state index in [1.165, 1.54) is 6.42 Å². The number of nitrogens with one attached hydrogen (secondary N) is 1. The minimum absolute atomic E-state index is 0.0499. The van der Waals surface area contributed by atoms with E-state index in [0.717, 1.165) is 25.9 Å². The minimum atomic E-state index is -4.25. The maximum Gasteiger partial charge on any atom is 0.397 e. The Morgan fingerprint density at radius 3 is 2.43 bits per heavy atom. The molecule has 0 aliphatic carbocycles. The van der Waals surface area contributed by atoms with Gasteiger partial charge < -0.3 is 5.32 Å².